The number of rotatable bonds is 10. The van der Waals surface area contributed by atoms with Crippen LogP contribution in [0.15, 0.2) is 72.9 Å². The number of carbonyl (C=O) groups excluding carboxylic acids is 2. The second-order valence-electron chi connectivity index (χ2n) is 11.8. The lowest BCUT2D eigenvalue weighted by atomic mass is 9.94. The Morgan fingerprint density at radius 1 is 0.951 bits per heavy atom. The van der Waals surface area contributed by atoms with Gasteiger partial charge in [0.2, 0.25) is 0 Å². The van der Waals surface area contributed by atoms with Gasteiger partial charge in [0.1, 0.15) is 5.60 Å². The summed E-state index contributed by atoms with van der Waals surface area (Å²) >= 11 is 0. The number of hydrogen-bond acceptors (Lipinski definition) is 5. The van der Waals surface area contributed by atoms with Crippen molar-refractivity contribution < 1.29 is 19.1 Å². The number of Topliss-reactive ketones (excluding diaryl/α,β-unsaturated/α-hetero) is 1. The van der Waals surface area contributed by atoms with E-state index in [0.29, 0.717) is 17.2 Å². The second kappa shape index (κ2) is 12.2. The van der Waals surface area contributed by atoms with Gasteiger partial charge in [-0.2, -0.15) is 0 Å². The van der Waals surface area contributed by atoms with Gasteiger partial charge in [-0.05, 0) is 111 Å². The standard InChI is InChI=1S/C35H38N2O4/c1-35(2,3)41-34(39)37-31-15-14-25(23-9-6-5-7-10-23)17-28(31)21-33(38)29-18-27-19-30(24-12-13-24)26(11-8-16-40-4)20-32(27)36-22-29/h5-7,9-10,14-15,17-20,22,24H,8,11-13,16,21H2,1-4H3,(H,37,39). The molecule has 6 nitrogen and oxygen atoms in total. The predicted molar refractivity (Wildman–Crippen MR) is 164 cm³/mol. The number of anilines is 1. The third-order valence-electron chi connectivity index (χ3n) is 7.27. The molecule has 1 aliphatic carbocycles. The summed E-state index contributed by atoms with van der Waals surface area (Å²) in [4.78, 5) is 30.9. The summed E-state index contributed by atoms with van der Waals surface area (Å²) in [6.07, 6.45) is 5.58. The Balaban J connectivity index is 1.44. The molecule has 1 saturated carbocycles. The lowest BCUT2D eigenvalue weighted by Gasteiger charge is -2.20. The minimum Gasteiger partial charge on any atom is -0.444 e. The van der Waals surface area contributed by atoms with E-state index >= 15 is 0 Å². The number of nitrogens with one attached hydrogen (secondary N) is 1. The van der Waals surface area contributed by atoms with Gasteiger partial charge in [0.05, 0.1) is 5.52 Å². The highest BCUT2D eigenvalue weighted by Gasteiger charge is 2.26. The van der Waals surface area contributed by atoms with E-state index in [2.05, 4.69) is 22.4 Å². The lowest BCUT2D eigenvalue weighted by molar-refractivity contribution is 0.0635. The van der Waals surface area contributed by atoms with Crippen LogP contribution >= 0.6 is 0 Å². The number of pyridine rings is 1. The Labute approximate surface area is 242 Å². The van der Waals surface area contributed by atoms with E-state index in [1.54, 1.807) is 13.3 Å². The molecule has 1 N–H and O–H groups in total. The third-order valence-corrected chi connectivity index (χ3v) is 7.27. The summed E-state index contributed by atoms with van der Waals surface area (Å²) in [5.41, 5.74) is 6.80. The molecule has 3 aromatic carbocycles. The fourth-order valence-corrected chi connectivity index (χ4v) is 5.15. The normalized spacial score (nSPS) is 13.3. The van der Waals surface area contributed by atoms with Crippen LogP contribution in [0.25, 0.3) is 22.0 Å². The highest BCUT2D eigenvalue weighted by Crippen LogP contribution is 2.43. The van der Waals surface area contributed by atoms with Crippen molar-refractivity contribution in [3.63, 3.8) is 0 Å². The molecule has 1 aliphatic rings. The van der Waals surface area contributed by atoms with Crippen LogP contribution in [-0.2, 0) is 22.3 Å². The molecule has 1 heterocycles. The number of ether oxygens (including phenoxy) is 2. The minimum absolute atomic E-state index is 0.0611. The highest BCUT2D eigenvalue weighted by atomic mass is 16.6. The maximum atomic E-state index is 13.6. The largest absolute Gasteiger partial charge is 0.444 e. The smallest absolute Gasteiger partial charge is 0.412 e. The van der Waals surface area contributed by atoms with Crippen LogP contribution in [-0.4, -0.2) is 36.2 Å². The molecule has 1 aromatic heterocycles. The molecular weight excluding hydrogens is 512 g/mol. The van der Waals surface area contributed by atoms with Gasteiger partial charge < -0.3 is 9.47 Å². The van der Waals surface area contributed by atoms with Gasteiger partial charge in [0.25, 0.3) is 0 Å². The highest BCUT2D eigenvalue weighted by molar-refractivity contribution is 6.01. The van der Waals surface area contributed by atoms with Crippen molar-refractivity contribution in [2.45, 2.75) is 64.4 Å². The first-order valence-corrected chi connectivity index (χ1v) is 14.3. The second-order valence-corrected chi connectivity index (χ2v) is 11.8. The maximum Gasteiger partial charge on any atom is 0.412 e. The molecular formula is C35H38N2O4. The number of carbonyl (C=O) groups is 2. The van der Waals surface area contributed by atoms with Crippen LogP contribution in [0.4, 0.5) is 10.5 Å². The zero-order valence-electron chi connectivity index (χ0n) is 24.3. The molecule has 5 rings (SSSR count). The SMILES string of the molecule is COCCCc1cc2ncc(C(=O)Cc3cc(-c4ccccc4)ccc3NC(=O)OC(C)(C)C)cc2cc1C1CC1. The monoisotopic (exact) mass is 550 g/mol. The summed E-state index contributed by atoms with van der Waals surface area (Å²) in [5.74, 6) is 0.535. The molecule has 0 saturated heterocycles. The molecule has 0 spiro atoms. The van der Waals surface area contributed by atoms with Crippen LogP contribution in [0.2, 0.25) is 0 Å². The van der Waals surface area contributed by atoms with Crippen molar-refractivity contribution in [1.29, 1.82) is 0 Å². The van der Waals surface area contributed by atoms with Crippen LogP contribution in [0.1, 0.15) is 73.0 Å². The predicted octanol–water partition coefficient (Wildman–Crippen LogP) is 8.13. The van der Waals surface area contributed by atoms with Crippen LogP contribution in [0, 0.1) is 0 Å². The quantitative estimate of drug-likeness (QED) is 0.159. The summed E-state index contributed by atoms with van der Waals surface area (Å²) in [6.45, 7) is 6.19. The van der Waals surface area contributed by atoms with E-state index in [-0.39, 0.29) is 12.2 Å². The van der Waals surface area contributed by atoms with Crippen LogP contribution < -0.4 is 5.32 Å². The average molecular weight is 551 g/mol. The summed E-state index contributed by atoms with van der Waals surface area (Å²) in [5, 5.41) is 3.83. The van der Waals surface area contributed by atoms with E-state index in [0.717, 1.165) is 47.0 Å². The number of hydrogen-bond donors (Lipinski definition) is 1. The first-order valence-electron chi connectivity index (χ1n) is 14.3. The minimum atomic E-state index is -0.635. The van der Waals surface area contributed by atoms with Crippen molar-refractivity contribution >= 4 is 28.5 Å². The summed E-state index contributed by atoms with van der Waals surface area (Å²) in [6, 6.07) is 22.1. The van der Waals surface area contributed by atoms with Gasteiger partial charge in [-0.15, -0.1) is 0 Å². The first kappa shape index (κ1) is 28.5. The van der Waals surface area contributed by atoms with Gasteiger partial charge >= 0.3 is 6.09 Å². The van der Waals surface area contributed by atoms with Crippen molar-refractivity contribution in [3.05, 3.63) is 95.2 Å². The van der Waals surface area contributed by atoms with Gasteiger partial charge in [-0.1, -0.05) is 36.4 Å². The van der Waals surface area contributed by atoms with Crippen LogP contribution in [0.5, 0.6) is 0 Å². The molecule has 0 bridgehead atoms. The summed E-state index contributed by atoms with van der Waals surface area (Å²) in [7, 11) is 1.73. The van der Waals surface area contributed by atoms with Crippen molar-refractivity contribution in [1.82, 2.24) is 4.98 Å². The topological polar surface area (TPSA) is 77.5 Å². The third kappa shape index (κ3) is 7.39. The molecule has 6 heteroatoms. The maximum absolute atomic E-state index is 13.6. The van der Waals surface area contributed by atoms with Gasteiger partial charge in [0, 0.05) is 43.0 Å². The van der Waals surface area contributed by atoms with Gasteiger partial charge in [0.15, 0.2) is 5.78 Å². The Morgan fingerprint density at radius 3 is 2.44 bits per heavy atom. The Hall–Kier alpha value is -4.03. The Bertz CT molecular complexity index is 1550. The number of nitrogens with zero attached hydrogens (tertiary/aromatic N) is 1. The molecule has 0 atom stereocenters. The molecule has 41 heavy (non-hydrogen) atoms. The van der Waals surface area contributed by atoms with Gasteiger partial charge in [-0.3, -0.25) is 15.1 Å². The molecule has 0 radical (unpaired) electrons. The zero-order valence-corrected chi connectivity index (χ0v) is 24.3. The van der Waals surface area contributed by atoms with E-state index in [1.165, 1.54) is 24.0 Å². The van der Waals surface area contributed by atoms with E-state index < -0.39 is 11.7 Å². The molecule has 1 amide bonds. The fraction of sp³-hybridized carbons (Fsp3) is 0.343. The molecule has 4 aromatic rings. The number of methoxy groups -OCH3 is 1. The molecule has 1 fully saturated rings. The molecule has 0 aliphatic heterocycles. The fourth-order valence-electron chi connectivity index (χ4n) is 5.15. The lowest BCUT2D eigenvalue weighted by Crippen LogP contribution is -2.27. The van der Waals surface area contributed by atoms with Gasteiger partial charge in [-0.25, -0.2) is 4.79 Å². The number of fused-ring (bicyclic) bond motifs is 1. The number of benzene rings is 3. The van der Waals surface area contributed by atoms with Crippen LogP contribution in [0.3, 0.4) is 0 Å². The first-order chi connectivity index (χ1) is 19.7. The van der Waals surface area contributed by atoms with Crippen molar-refractivity contribution in [2.75, 3.05) is 19.0 Å². The molecule has 0 unspecified atom stereocenters. The van der Waals surface area contributed by atoms with E-state index in [4.69, 9.17) is 9.47 Å². The van der Waals surface area contributed by atoms with E-state index in [1.807, 2.05) is 75.4 Å². The number of ketones is 1. The Kier molecular flexibility index (Phi) is 8.50. The summed E-state index contributed by atoms with van der Waals surface area (Å²) < 4.78 is 10.7. The van der Waals surface area contributed by atoms with E-state index in [9.17, 15) is 9.59 Å². The van der Waals surface area contributed by atoms with Crippen molar-refractivity contribution in [3.8, 4) is 11.1 Å². The number of aromatic nitrogens is 1. The number of aryl methyl sites for hydroxylation is 1. The van der Waals surface area contributed by atoms with Crippen molar-refractivity contribution in [2.24, 2.45) is 0 Å². The zero-order chi connectivity index (χ0) is 29.0. The number of amides is 1. The average Bonchev–Trinajstić information content (AvgIpc) is 3.78. The molecule has 212 valence electrons. The Morgan fingerprint density at radius 2 is 1.73 bits per heavy atom.